The molecule has 2 aromatic rings. The Bertz CT molecular complexity index is 864. The molecule has 0 radical (unpaired) electrons. The fourth-order valence-electron chi connectivity index (χ4n) is 2.34. The molecule has 2 aromatic carbocycles. The number of benzene rings is 2. The van der Waals surface area contributed by atoms with Crippen molar-refractivity contribution in [2.24, 2.45) is 5.10 Å². The maximum atomic E-state index is 12.2. The molecule has 8 heteroatoms. The summed E-state index contributed by atoms with van der Waals surface area (Å²) in [6.07, 6.45) is 2.41. The van der Waals surface area contributed by atoms with Crippen LogP contribution in [0.4, 0.5) is 0 Å². The summed E-state index contributed by atoms with van der Waals surface area (Å²) in [7, 11) is 1.29. The smallest absolute Gasteiger partial charge is 0.343 e. The fourth-order valence-corrected chi connectivity index (χ4v) is 2.34. The third-order valence-corrected chi connectivity index (χ3v) is 3.81. The van der Waals surface area contributed by atoms with Gasteiger partial charge in [-0.05, 0) is 61.4 Å². The Morgan fingerprint density at radius 3 is 2.43 bits per heavy atom. The van der Waals surface area contributed by atoms with E-state index in [9.17, 15) is 9.59 Å². The average molecular weight is 414 g/mol. The number of carbonyl (C=O) groups excluding carboxylic acids is 2. The zero-order valence-corrected chi connectivity index (χ0v) is 17.3. The van der Waals surface area contributed by atoms with E-state index in [0.29, 0.717) is 35.8 Å². The molecule has 0 heterocycles. The van der Waals surface area contributed by atoms with Crippen LogP contribution in [0.15, 0.2) is 47.6 Å². The lowest BCUT2D eigenvalue weighted by molar-refractivity contribution is -0.142. The number of nitrogens with zero attached hydrogens (tertiary/aromatic N) is 1. The van der Waals surface area contributed by atoms with Crippen LogP contribution in [-0.2, 0) is 9.53 Å². The third-order valence-electron chi connectivity index (χ3n) is 3.81. The molecule has 0 aliphatic rings. The van der Waals surface area contributed by atoms with Crippen molar-refractivity contribution in [2.45, 2.75) is 20.3 Å². The molecular weight excluding hydrogens is 388 g/mol. The zero-order valence-electron chi connectivity index (χ0n) is 17.3. The van der Waals surface area contributed by atoms with Gasteiger partial charge in [-0.3, -0.25) is 4.79 Å². The molecule has 160 valence electrons. The molecule has 0 saturated heterocycles. The van der Waals surface area contributed by atoms with Gasteiger partial charge < -0.3 is 18.9 Å². The largest absolute Gasteiger partial charge is 0.494 e. The highest BCUT2D eigenvalue weighted by Gasteiger charge is 2.09. The third kappa shape index (κ3) is 7.12. The second-order valence-electron chi connectivity index (χ2n) is 6.08. The van der Waals surface area contributed by atoms with Crippen molar-refractivity contribution in [2.75, 3.05) is 26.9 Å². The lowest BCUT2D eigenvalue weighted by atomic mass is 10.2. The van der Waals surface area contributed by atoms with Crippen molar-refractivity contribution >= 4 is 18.1 Å². The maximum Gasteiger partial charge on any atom is 0.343 e. The predicted octanol–water partition coefficient (Wildman–Crippen LogP) is 3.19. The van der Waals surface area contributed by atoms with Crippen LogP contribution in [0.3, 0.4) is 0 Å². The molecule has 0 atom stereocenters. The van der Waals surface area contributed by atoms with Gasteiger partial charge in [0.1, 0.15) is 5.75 Å². The maximum absolute atomic E-state index is 12.2. The van der Waals surface area contributed by atoms with Crippen molar-refractivity contribution in [3.63, 3.8) is 0 Å². The first kappa shape index (κ1) is 22.7. The molecule has 2 rings (SSSR count). The number of nitrogens with one attached hydrogen (secondary N) is 1. The van der Waals surface area contributed by atoms with E-state index in [4.69, 9.17) is 14.2 Å². The van der Waals surface area contributed by atoms with Gasteiger partial charge in [-0.25, -0.2) is 10.2 Å². The number of hydrogen-bond donors (Lipinski definition) is 1. The molecule has 1 amide bonds. The van der Waals surface area contributed by atoms with Crippen molar-refractivity contribution in [3.05, 3.63) is 53.6 Å². The Morgan fingerprint density at radius 1 is 1.00 bits per heavy atom. The van der Waals surface area contributed by atoms with E-state index in [1.807, 2.05) is 13.8 Å². The molecule has 0 aromatic heterocycles. The molecule has 0 aliphatic carbocycles. The van der Waals surface area contributed by atoms with Gasteiger partial charge in [0.25, 0.3) is 5.91 Å². The fraction of sp³-hybridized carbons (Fsp3) is 0.318. The minimum Gasteiger partial charge on any atom is -0.494 e. The molecule has 8 nitrogen and oxygen atoms in total. The summed E-state index contributed by atoms with van der Waals surface area (Å²) in [4.78, 5) is 23.5. The van der Waals surface area contributed by atoms with Gasteiger partial charge in [0.05, 0.1) is 26.5 Å². The van der Waals surface area contributed by atoms with E-state index >= 15 is 0 Å². The van der Waals surface area contributed by atoms with E-state index in [-0.39, 0.29) is 12.5 Å². The predicted molar refractivity (Wildman–Crippen MR) is 112 cm³/mol. The summed E-state index contributed by atoms with van der Waals surface area (Å²) in [6.45, 7) is 4.70. The van der Waals surface area contributed by atoms with E-state index < -0.39 is 5.97 Å². The van der Waals surface area contributed by atoms with Crippen LogP contribution in [0.25, 0.3) is 0 Å². The first-order valence-electron chi connectivity index (χ1n) is 9.60. The SMILES string of the molecule is CCCOc1ccc(C(=O)N/N=C\c2ccc(OCC(=O)OC)c(OCC)c2)cc1. The molecule has 30 heavy (non-hydrogen) atoms. The number of esters is 1. The van der Waals surface area contributed by atoms with Gasteiger partial charge in [-0.15, -0.1) is 0 Å². The molecular formula is C22H26N2O6. The van der Waals surface area contributed by atoms with Crippen LogP contribution in [0, 0.1) is 0 Å². The average Bonchev–Trinajstić information content (AvgIpc) is 2.77. The molecule has 0 aliphatic heterocycles. The molecule has 0 fully saturated rings. The number of ether oxygens (including phenoxy) is 4. The number of methoxy groups -OCH3 is 1. The topological polar surface area (TPSA) is 95.5 Å². The minimum atomic E-state index is -0.490. The Balaban J connectivity index is 1.98. The molecule has 0 saturated carbocycles. The van der Waals surface area contributed by atoms with Crippen LogP contribution in [-0.4, -0.2) is 45.0 Å². The second kappa shape index (κ2) is 12.1. The Kier molecular flexibility index (Phi) is 9.18. The summed E-state index contributed by atoms with van der Waals surface area (Å²) in [5.41, 5.74) is 3.64. The van der Waals surface area contributed by atoms with E-state index in [0.717, 1.165) is 12.2 Å². The number of carbonyl (C=O) groups is 2. The Hall–Kier alpha value is -3.55. The molecule has 0 unspecified atom stereocenters. The second-order valence-corrected chi connectivity index (χ2v) is 6.08. The highest BCUT2D eigenvalue weighted by Crippen LogP contribution is 2.28. The number of rotatable bonds is 11. The van der Waals surface area contributed by atoms with E-state index in [1.54, 1.807) is 42.5 Å². The first-order valence-corrected chi connectivity index (χ1v) is 9.60. The van der Waals surface area contributed by atoms with Crippen molar-refractivity contribution in [3.8, 4) is 17.2 Å². The standard InChI is InChI=1S/C22H26N2O6/c1-4-12-29-18-9-7-17(8-10-18)22(26)24-23-14-16-6-11-19(20(13-16)28-5-2)30-15-21(25)27-3/h6-11,13-14H,4-5,12,15H2,1-3H3,(H,24,26)/b23-14-. The molecule has 0 bridgehead atoms. The van der Waals surface area contributed by atoms with Gasteiger partial charge in [-0.1, -0.05) is 6.92 Å². The highest BCUT2D eigenvalue weighted by atomic mass is 16.6. The molecule has 0 spiro atoms. The summed E-state index contributed by atoms with van der Waals surface area (Å²) < 4.78 is 21.0. The Labute approximate surface area is 175 Å². The van der Waals surface area contributed by atoms with Gasteiger partial charge in [-0.2, -0.15) is 5.10 Å². The van der Waals surface area contributed by atoms with Crippen LogP contribution >= 0.6 is 0 Å². The van der Waals surface area contributed by atoms with E-state index in [1.165, 1.54) is 13.3 Å². The lowest BCUT2D eigenvalue weighted by Gasteiger charge is -2.11. The van der Waals surface area contributed by atoms with Gasteiger partial charge >= 0.3 is 5.97 Å². The monoisotopic (exact) mass is 414 g/mol. The summed E-state index contributed by atoms with van der Waals surface area (Å²) in [5.74, 6) is 0.759. The highest BCUT2D eigenvalue weighted by molar-refractivity contribution is 5.95. The van der Waals surface area contributed by atoms with Crippen LogP contribution in [0.1, 0.15) is 36.2 Å². The zero-order chi connectivity index (χ0) is 21.8. The van der Waals surface area contributed by atoms with Crippen LogP contribution < -0.4 is 19.6 Å². The van der Waals surface area contributed by atoms with Gasteiger partial charge in [0.15, 0.2) is 18.1 Å². The van der Waals surface area contributed by atoms with Gasteiger partial charge in [0.2, 0.25) is 0 Å². The minimum absolute atomic E-state index is 0.220. The summed E-state index contributed by atoms with van der Waals surface area (Å²) in [6, 6.07) is 11.9. The van der Waals surface area contributed by atoms with E-state index in [2.05, 4.69) is 15.3 Å². The number of hydrogen-bond acceptors (Lipinski definition) is 7. The Morgan fingerprint density at radius 2 is 1.77 bits per heavy atom. The summed E-state index contributed by atoms with van der Waals surface area (Å²) >= 11 is 0. The lowest BCUT2D eigenvalue weighted by Crippen LogP contribution is -2.17. The quantitative estimate of drug-likeness (QED) is 0.345. The summed E-state index contributed by atoms with van der Waals surface area (Å²) in [5, 5.41) is 3.98. The van der Waals surface area contributed by atoms with Crippen molar-refractivity contribution in [1.82, 2.24) is 5.43 Å². The van der Waals surface area contributed by atoms with Crippen molar-refractivity contribution in [1.29, 1.82) is 0 Å². The normalized spacial score (nSPS) is 10.5. The number of hydrazone groups is 1. The van der Waals surface area contributed by atoms with Gasteiger partial charge in [0, 0.05) is 5.56 Å². The van der Waals surface area contributed by atoms with Crippen LogP contribution in [0.5, 0.6) is 17.2 Å². The number of amides is 1. The molecule has 1 N–H and O–H groups in total. The van der Waals surface area contributed by atoms with Crippen molar-refractivity contribution < 1.29 is 28.5 Å². The van der Waals surface area contributed by atoms with Crippen LogP contribution in [0.2, 0.25) is 0 Å². The first-order chi connectivity index (χ1) is 14.6.